The molecule has 182 valence electrons. The Morgan fingerprint density at radius 3 is 2.75 bits per heavy atom. The van der Waals surface area contributed by atoms with Gasteiger partial charge in [0, 0.05) is 62.3 Å². The maximum Gasteiger partial charge on any atom is 0.269 e. The summed E-state index contributed by atoms with van der Waals surface area (Å²) in [6.45, 7) is 2.36. The molecule has 3 aromatic rings. The van der Waals surface area contributed by atoms with E-state index in [9.17, 15) is 20.2 Å². The van der Waals surface area contributed by atoms with Crippen molar-refractivity contribution in [3.05, 3.63) is 93.8 Å². The predicted molar refractivity (Wildman–Crippen MR) is 136 cm³/mol. The number of piperazine rings is 1. The average molecular weight is 483 g/mol. The highest BCUT2D eigenvalue weighted by molar-refractivity contribution is 5.82. The molecule has 5 rings (SSSR count). The molecule has 0 saturated carbocycles. The Balaban J connectivity index is 1.41. The number of nitro benzene ring substituents is 1. The number of non-ortho nitro benzene ring substituents is 1. The number of nitriles is 1. The number of hydrogen-bond donors (Lipinski definition) is 1. The first-order valence-electron chi connectivity index (χ1n) is 12.0. The summed E-state index contributed by atoms with van der Waals surface area (Å²) in [5, 5.41) is 24.1. The van der Waals surface area contributed by atoms with Gasteiger partial charge in [-0.25, -0.2) is 0 Å². The molecule has 9 heteroatoms. The highest BCUT2D eigenvalue weighted by Gasteiger charge is 2.42. The van der Waals surface area contributed by atoms with Crippen molar-refractivity contribution in [3.8, 4) is 6.07 Å². The van der Waals surface area contributed by atoms with E-state index in [1.54, 1.807) is 24.4 Å². The molecule has 1 fully saturated rings. The normalized spacial score (nSPS) is 18.5. The zero-order chi connectivity index (χ0) is 25.1. The Bertz CT molecular complexity index is 1320. The molecule has 2 aromatic carbocycles. The second-order valence-corrected chi connectivity index (χ2v) is 9.08. The second kappa shape index (κ2) is 10.0. The first-order valence-corrected chi connectivity index (χ1v) is 12.0. The van der Waals surface area contributed by atoms with Crippen LogP contribution in [0.3, 0.4) is 0 Å². The zero-order valence-electron chi connectivity index (χ0n) is 19.7. The van der Waals surface area contributed by atoms with Crippen molar-refractivity contribution in [1.29, 1.82) is 5.26 Å². The fraction of sp³-hybridized carbons (Fsp3) is 0.296. The summed E-state index contributed by atoms with van der Waals surface area (Å²) >= 11 is 0. The van der Waals surface area contributed by atoms with E-state index in [4.69, 9.17) is 0 Å². The van der Waals surface area contributed by atoms with Gasteiger partial charge < -0.3 is 15.1 Å². The van der Waals surface area contributed by atoms with Gasteiger partial charge in [0.2, 0.25) is 5.91 Å². The lowest BCUT2D eigenvalue weighted by Gasteiger charge is -2.49. The number of nitrogens with one attached hydrogen (secondary N) is 1. The number of carbonyl (C=O) groups excluding carboxylic acids is 1. The lowest BCUT2D eigenvalue weighted by molar-refractivity contribution is -0.384. The smallest absolute Gasteiger partial charge is 0.269 e. The number of carbonyl (C=O) groups is 1. The third-order valence-electron chi connectivity index (χ3n) is 7.01. The number of hydrogen-bond acceptors (Lipinski definition) is 7. The van der Waals surface area contributed by atoms with Gasteiger partial charge in [-0.1, -0.05) is 18.2 Å². The predicted octanol–water partition coefficient (Wildman–Crippen LogP) is 3.09. The minimum absolute atomic E-state index is 0.0306. The quantitative estimate of drug-likeness (QED) is 0.424. The van der Waals surface area contributed by atoms with Gasteiger partial charge in [-0.3, -0.25) is 19.9 Å². The van der Waals surface area contributed by atoms with Crippen molar-refractivity contribution in [2.45, 2.75) is 18.9 Å². The van der Waals surface area contributed by atoms with Gasteiger partial charge >= 0.3 is 0 Å². The minimum atomic E-state index is -0.398. The minimum Gasteiger partial charge on any atom is -0.367 e. The van der Waals surface area contributed by atoms with Crippen molar-refractivity contribution >= 4 is 23.0 Å². The number of nitrogens with zero attached hydrogens (tertiary/aromatic N) is 5. The molecule has 0 aliphatic carbocycles. The van der Waals surface area contributed by atoms with Crippen LogP contribution < -0.4 is 15.1 Å². The van der Waals surface area contributed by atoms with E-state index in [0.717, 1.165) is 22.6 Å². The van der Waals surface area contributed by atoms with Crippen LogP contribution in [-0.4, -0.2) is 48.0 Å². The van der Waals surface area contributed by atoms with Gasteiger partial charge in [0.25, 0.3) is 5.69 Å². The van der Waals surface area contributed by atoms with Gasteiger partial charge in [0.05, 0.1) is 28.1 Å². The third kappa shape index (κ3) is 4.58. The van der Waals surface area contributed by atoms with Crippen molar-refractivity contribution in [1.82, 2.24) is 10.3 Å². The molecular formula is C27H26N6O3. The number of rotatable bonds is 6. The summed E-state index contributed by atoms with van der Waals surface area (Å²) < 4.78 is 0. The average Bonchev–Trinajstić information content (AvgIpc) is 2.92. The number of fused-ring (bicyclic) bond motifs is 3. The first-order chi connectivity index (χ1) is 17.5. The molecule has 1 amide bonds. The third-order valence-corrected chi connectivity index (χ3v) is 7.01. The van der Waals surface area contributed by atoms with Gasteiger partial charge in [0.15, 0.2) is 0 Å². The Morgan fingerprint density at radius 2 is 1.97 bits per heavy atom. The van der Waals surface area contributed by atoms with Crippen LogP contribution in [0.2, 0.25) is 0 Å². The summed E-state index contributed by atoms with van der Waals surface area (Å²) in [5.74, 6) is -0.464. The Kier molecular flexibility index (Phi) is 6.50. The molecule has 0 radical (unpaired) electrons. The standard InChI is InChI=1S/C27H26N6O3/c28-17-19-5-1-2-7-24(19)31-13-14-32-25-9-8-22(33(35)36)15-20(25)16-23(26(32)18-31)27(34)30-12-10-21-6-3-4-11-29-21/h1-9,11,15,23,26H,10,12-14,16,18H2,(H,30,34)/t23-,26-/m1/s1. The fourth-order valence-electron chi connectivity index (χ4n) is 5.28. The van der Waals surface area contributed by atoms with E-state index in [-0.39, 0.29) is 23.6 Å². The van der Waals surface area contributed by atoms with Crippen LogP contribution in [0.1, 0.15) is 16.8 Å². The van der Waals surface area contributed by atoms with E-state index >= 15 is 0 Å². The number of pyridine rings is 1. The highest BCUT2D eigenvalue weighted by Crippen LogP contribution is 2.39. The second-order valence-electron chi connectivity index (χ2n) is 9.08. The number of nitro groups is 1. The van der Waals surface area contributed by atoms with Crippen molar-refractivity contribution in [3.63, 3.8) is 0 Å². The lowest BCUT2D eigenvalue weighted by atomic mass is 9.83. The Labute approximate surface area is 209 Å². The molecular weight excluding hydrogens is 456 g/mol. The lowest BCUT2D eigenvalue weighted by Crippen LogP contribution is -2.61. The van der Waals surface area contributed by atoms with Crippen LogP contribution in [-0.2, 0) is 17.6 Å². The maximum absolute atomic E-state index is 13.5. The maximum atomic E-state index is 13.5. The van der Waals surface area contributed by atoms with Gasteiger partial charge in [-0.05, 0) is 42.3 Å². The summed E-state index contributed by atoms with van der Waals surface area (Å²) in [6.07, 6.45) is 2.77. The molecule has 2 aliphatic heterocycles. The molecule has 1 saturated heterocycles. The number of benzene rings is 2. The van der Waals surface area contributed by atoms with E-state index in [2.05, 4.69) is 26.2 Å². The molecule has 0 unspecified atom stereocenters. The van der Waals surface area contributed by atoms with Gasteiger partial charge in [-0.15, -0.1) is 0 Å². The first kappa shape index (κ1) is 23.3. The van der Waals surface area contributed by atoms with E-state index < -0.39 is 4.92 Å². The molecule has 2 aliphatic rings. The summed E-state index contributed by atoms with van der Waals surface area (Å²) in [5.41, 5.74) is 4.16. The number of para-hydroxylation sites is 1. The molecule has 0 bridgehead atoms. The largest absolute Gasteiger partial charge is 0.367 e. The molecule has 1 N–H and O–H groups in total. The molecule has 3 heterocycles. The summed E-state index contributed by atoms with van der Waals surface area (Å²) in [7, 11) is 0. The Hall–Kier alpha value is -4.45. The van der Waals surface area contributed by atoms with Gasteiger partial charge in [-0.2, -0.15) is 5.26 Å². The van der Waals surface area contributed by atoms with Crippen LogP contribution >= 0.6 is 0 Å². The molecule has 2 atom stereocenters. The van der Waals surface area contributed by atoms with Crippen LogP contribution in [0.4, 0.5) is 17.1 Å². The van der Waals surface area contributed by atoms with Gasteiger partial charge in [0.1, 0.15) is 6.07 Å². The monoisotopic (exact) mass is 482 g/mol. The number of anilines is 2. The Morgan fingerprint density at radius 1 is 1.14 bits per heavy atom. The van der Waals surface area contributed by atoms with E-state index in [0.29, 0.717) is 44.6 Å². The van der Waals surface area contributed by atoms with Crippen molar-refractivity contribution < 1.29 is 9.72 Å². The summed E-state index contributed by atoms with van der Waals surface area (Å²) in [6, 6.07) is 20.3. The number of aromatic nitrogens is 1. The van der Waals surface area contributed by atoms with E-state index in [1.807, 2.05) is 36.4 Å². The van der Waals surface area contributed by atoms with Crippen LogP contribution in [0.15, 0.2) is 66.9 Å². The summed E-state index contributed by atoms with van der Waals surface area (Å²) in [4.78, 5) is 33.2. The van der Waals surface area contributed by atoms with Crippen LogP contribution in [0.25, 0.3) is 0 Å². The van der Waals surface area contributed by atoms with E-state index in [1.165, 1.54) is 6.07 Å². The molecule has 0 spiro atoms. The molecule has 36 heavy (non-hydrogen) atoms. The van der Waals surface area contributed by atoms with Crippen molar-refractivity contribution in [2.75, 3.05) is 36.0 Å². The SMILES string of the molecule is N#Cc1ccccc1N1CCN2c3ccc([N+](=O)[O-])cc3C[C@@H](C(=O)NCCc3ccccn3)[C@H]2C1. The molecule has 9 nitrogen and oxygen atoms in total. The molecule has 1 aromatic heterocycles. The number of amides is 1. The van der Waals surface area contributed by atoms with Crippen molar-refractivity contribution in [2.24, 2.45) is 5.92 Å². The zero-order valence-corrected chi connectivity index (χ0v) is 19.7. The van der Waals surface area contributed by atoms with Crippen LogP contribution in [0.5, 0.6) is 0 Å². The van der Waals surface area contributed by atoms with Crippen LogP contribution in [0, 0.1) is 27.4 Å². The highest BCUT2D eigenvalue weighted by atomic mass is 16.6. The fourth-order valence-corrected chi connectivity index (χ4v) is 5.28. The topological polar surface area (TPSA) is 115 Å².